The molecule has 0 aliphatic rings. The monoisotopic (exact) mass is 234 g/mol. The number of anilines is 1. The summed E-state index contributed by atoms with van der Waals surface area (Å²) in [6, 6.07) is 0.269. The molecule has 90 valence electrons. The molecule has 0 aliphatic heterocycles. The van der Waals surface area contributed by atoms with Gasteiger partial charge in [0.05, 0.1) is 7.11 Å². The third-order valence-electron chi connectivity index (χ3n) is 2.28. The lowest BCUT2D eigenvalue weighted by Crippen LogP contribution is -2.06. The van der Waals surface area contributed by atoms with Gasteiger partial charge in [-0.25, -0.2) is 4.98 Å². The molecular weight excluding hydrogens is 220 g/mol. The molecule has 7 nitrogen and oxygen atoms in total. The van der Waals surface area contributed by atoms with Crippen LogP contribution in [0.5, 0.6) is 6.01 Å². The largest absolute Gasteiger partial charge is 0.467 e. The SMILES string of the molecule is CCn1ccnc1-c1nc(NC)nc(OC)n1. The van der Waals surface area contributed by atoms with Crippen LogP contribution < -0.4 is 10.1 Å². The summed E-state index contributed by atoms with van der Waals surface area (Å²) in [6.45, 7) is 2.83. The van der Waals surface area contributed by atoms with E-state index < -0.39 is 0 Å². The maximum Gasteiger partial charge on any atom is 0.321 e. The summed E-state index contributed by atoms with van der Waals surface area (Å²) < 4.78 is 6.98. The smallest absolute Gasteiger partial charge is 0.321 e. The van der Waals surface area contributed by atoms with Gasteiger partial charge in [-0.1, -0.05) is 0 Å². The molecule has 7 heteroatoms. The molecular formula is C10H14N6O. The Kier molecular flexibility index (Phi) is 3.17. The molecule has 2 aromatic rings. The Morgan fingerprint density at radius 3 is 2.82 bits per heavy atom. The highest BCUT2D eigenvalue weighted by Gasteiger charge is 2.12. The number of aryl methyl sites for hydroxylation is 1. The number of aromatic nitrogens is 5. The maximum absolute atomic E-state index is 5.03. The highest BCUT2D eigenvalue weighted by molar-refractivity contribution is 5.47. The molecule has 0 radical (unpaired) electrons. The molecule has 0 atom stereocenters. The fourth-order valence-electron chi connectivity index (χ4n) is 1.43. The van der Waals surface area contributed by atoms with Crippen molar-refractivity contribution in [3.63, 3.8) is 0 Å². The van der Waals surface area contributed by atoms with E-state index in [1.165, 1.54) is 7.11 Å². The predicted molar refractivity (Wildman–Crippen MR) is 62.8 cm³/mol. The summed E-state index contributed by atoms with van der Waals surface area (Å²) in [7, 11) is 3.26. The first-order valence-electron chi connectivity index (χ1n) is 5.27. The highest BCUT2D eigenvalue weighted by Crippen LogP contribution is 2.16. The van der Waals surface area contributed by atoms with E-state index in [2.05, 4.69) is 25.3 Å². The minimum atomic E-state index is 0.269. The van der Waals surface area contributed by atoms with Gasteiger partial charge in [-0.2, -0.15) is 15.0 Å². The molecule has 17 heavy (non-hydrogen) atoms. The van der Waals surface area contributed by atoms with Gasteiger partial charge >= 0.3 is 6.01 Å². The van der Waals surface area contributed by atoms with Crippen molar-refractivity contribution in [1.29, 1.82) is 0 Å². The van der Waals surface area contributed by atoms with Gasteiger partial charge in [-0.15, -0.1) is 0 Å². The van der Waals surface area contributed by atoms with Crippen molar-refractivity contribution in [3.05, 3.63) is 12.4 Å². The third-order valence-corrected chi connectivity index (χ3v) is 2.28. The Bertz CT molecular complexity index is 487. The molecule has 0 saturated carbocycles. The summed E-state index contributed by atoms with van der Waals surface area (Å²) in [5.41, 5.74) is 0. The van der Waals surface area contributed by atoms with Crippen LogP contribution in [0.25, 0.3) is 11.6 Å². The molecule has 0 bridgehead atoms. The van der Waals surface area contributed by atoms with Gasteiger partial charge in [0.15, 0.2) is 5.82 Å². The number of imidazole rings is 1. The Balaban J connectivity index is 2.51. The van der Waals surface area contributed by atoms with Crippen molar-refractivity contribution < 1.29 is 4.74 Å². The normalized spacial score (nSPS) is 10.3. The van der Waals surface area contributed by atoms with E-state index in [-0.39, 0.29) is 6.01 Å². The number of nitrogens with zero attached hydrogens (tertiary/aromatic N) is 5. The quantitative estimate of drug-likeness (QED) is 0.843. The standard InChI is InChI=1S/C10H14N6O/c1-4-16-6-5-12-8(16)7-13-9(11-2)15-10(14-7)17-3/h5-6H,4H2,1-3H3,(H,11,13,14,15). The van der Waals surface area contributed by atoms with Gasteiger partial charge in [0.1, 0.15) is 0 Å². The second-order valence-corrected chi connectivity index (χ2v) is 3.26. The topological polar surface area (TPSA) is 77.8 Å². The number of hydrogen-bond donors (Lipinski definition) is 1. The summed E-state index contributed by atoms with van der Waals surface area (Å²) in [5.74, 6) is 1.65. The first kappa shape index (κ1) is 11.3. The van der Waals surface area contributed by atoms with Crippen molar-refractivity contribution >= 4 is 5.95 Å². The van der Waals surface area contributed by atoms with Gasteiger partial charge in [-0.3, -0.25) is 0 Å². The number of rotatable bonds is 4. The van der Waals surface area contributed by atoms with Crippen molar-refractivity contribution in [2.45, 2.75) is 13.5 Å². The van der Waals surface area contributed by atoms with Gasteiger partial charge < -0.3 is 14.6 Å². The van der Waals surface area contributed by atoms with E-state index in [9.17, 15) is 0 Å². The van der Waals surface area contributed by atoms with Gasteiger partial charge in [0.2, 0.25) is 11.8 Å². The fraction of sp³-hybridized carbons (Fsp3) is 0.400. The van der Waals surface area contributed by atoms with Gasteiger partial charge in [0.25, 0.3) is 0 Å². The van der Waals surface area contributed by atoms with Crippen LogP contribution in [-0.2, 0) is 6.54 Å². The van der Waals surface area contributed by atoms with Crippen LogP contribution in [-0.4, -0.2) is 38.7 Å². The number of methoxy groups -OCH3 is 1. The number of hydrogen-bond acceptors (Lipinski definition) is 6. The molecule has 0 saturated heterocycles. The molecule has 0 fully saturated rings. The lowest BCUT2D eigenvalue weighted by molar-refractivity contribution is 0.379. The van der Waals surface area contributed by atoms with Crippen LogP contribution in [0, 0.1) is 0 Å². The summed E-state index contributed by atoms with van der Waals surface area (Å²) in [6.07, 6.45) is 3.60. The second kappa shape index (κ2) is 4.77. The molecule has 0 unspecified atom stereocenters. The van der Waals surface area contributed by atoms with Crippen molar-refractivity contribution in [2.75, 3.05) is 19.5 Å². The van der Waals surface area contributed by atoms with E-state index in [4.69, 9.17) is 4.74 Å². The zero-order chi connectivity index (χ0) is 12.3. The van der Waals surface area contributed by atoms with Crippen molar-refractivity contribution in [1.82, 2.24) is 24.5 Å². The lowest BCUT2D eigenvalue weighted by Gasteiger charge is -2.06. The van der Waals surface area contributed by atoms with Crippen LogP contribution in [0.1, 0.15) is 6.92 Å². The van der Waals surface area contributed by atoms with E-state index in [1.54, 1.807) is 13.2 Å². The van der Waals surface area contributed by atoms with E-state index in [0.29, 0.717) is 17.6 Å². The Hall–Kier alpha value is -2.18. The molecule has 0 aromatic carbocycles. The minimum absolute atomic E-state index is 0.269. The first-order valence-corrected chi connectivity index (χ1v) is 5.27. The minimum Gasteiger partial charge on any atom is -0.467 e. The van der Waals surface area contributed by atoms with Crippen LogP contribution in [0.4, 0.5) is 5.95 Å². The third kappa shape index (κ3) is 2.17. The van der Waals surface area contributed by atoms with Crippen LogP contribution in [0.3, 0.4) is 0 Å². The van der Waals surface area contributed by atoms with Gasteiger partial charge in [-0.05, 0) is 6.92 Å². The van der Waals surface area contributed by atoms with E-state index in [0.717, 1.165) is 6.54 Å². The lowest BCUT2D eigenvalue weighted by atomic mass is 10.5. The Labute approximate surface area is 98.9 Å². The Morgan fingerprint density at radius 1 is 1.35 bits per heavy atom. The zero-order valence-electron chi connectivity index (χ0n) is 10.0. The number of nitrogens with one attached hydrogen (secondary N) is 1. The van der Waals surface area contributed by atoms with Crippen LogP contribution in [0.2, 0.25) is 0 Å². The first-order chi connectivity index (χ1) is 8.28. The number of ether oxygens (including phenoxy) is 1. The molecule has 0 aliphatic carbocycles. The summed E-state index contributed by atoms with van der Waals surface area (Å²) in [4.78, 5) is 16.7. The average molecular weight is 234 g/mol. The second-order valence-electron chi connectivity index (χ2n) is 3.26. The predicted octanol–water partition coefficient (Wildman–Crippen LogP) is 0.805. The Morgan fingerprint density at radius 2 is 2.18 bits per heavy atom. The van der Waals surface area contributed by atoms with Gasteiger partial charge in [0, 0.05) is 26.0 Å². The molecule has 2 rings (SSSR count). The highest BCUT2D eigenvalue weighted by atomic mass is 16.5. The molecule has 1 N–H and O–H groups in total. The summed E-state index contributed by atoms with van der Waals surface area (Å²) >= 11 is 0. The van der Waals surface area contributed by atoms with E-state index in [1.807, 2.05) is 17.7 Å². The van der Waals surface area contributed by atoms with E-state index >= 15 is 0 Å². The summed E-state index contributed by atoms with van der Waals surface area (Å²) in [5, 5.41) is 2.86. The maximum atomic E-state index is 5.03. The van der Waals surface area contributed by atoms with Crippen LogP contribution in [0.15, 0.2) is 12.4 Å². The average Bonchev–Trinajstić information content (AvgIpc) is 2.86. The molecule has 2 aromatic heterocycles. The van der Waals surface area contributed by atoms with Crippen LogP contribution >= 0.6 is 0 Å². The molecule has 2 heterocycles. The van der Waals surface area contributed by atoms with Crippen molar-refractivity contribution in [2.24, 2.45) is 0 Å². The zero-order valence-corrected chi connectivity index (χ0v) is 10.0. The molecule has 0 amide bonds. The van der Waals surface area contributed by atoms with Crippen molar-refractivity contribution in [3.8, 4) is 17.7 Å². The molecule has 0 spiro atoms. The fourth-order valence-corrected chi connectivity index (χ4v) is 1.43.